The molecule has 0 heterocycles. The Hall–Kier alpha value is -19.7. The first-order chi connectivity index (χ1) is 69.9. The fourth-order valence-corrected chi connectivity index (χ4v) is 13.9. The number of imide groups is 2. The second-order valence-electron chi connectivity index (χ2n) is 30.9. The summed E-state index contributed by atoms with van der Waals surface area (Å²) >= 11 is 0. The number of hydrogen-bond donors (Lipinski definition) is 10. The lowest BCUT2D eigenvalue weighted by Crippen LogP contribution is -2.34. The zero-order valence-corrected chi connectivity index (χ0v) is 74.3. The first-order valence-corrected chi connectivity index (χ1v) is 42.5. The zero-order chi connectivity index (χ0) is 103. The Morgan fingerprint density at radius 3 is 0.918 bits per heavy atom. The van der Waals surface area contributed by atoms with Gasteiger partial charge in [-0.05, 0) is 251 Å². The molecule has 736 valence electrons. The van der Waals surface area contributed by atoms with E-state index in [0.29, 0.717) is 99.2 Å². The molecule has 146 heavy (non-hydrogen) atoms. The standard InChI is InChI=1S/C51H34F6N8O9.C51H34F6N8O7/c52-50(53,54)73-39-5-1-3-37(25-39)59-49(70)60-48(69)34-12-20-42-33(24-34)14-22-44(67)46(42)64-62-36-17-10-31(11-18-36)47(68)30-8-15-35(16-9-30)61-63-45-41-19-7-29(23-32(41)13-21-43(45)66)27-71-58-28-72-65-38-4-2-6-40(26-38)74-51(55,56)57;52-50(53,54)35-3-1-5-39(25-35)59-49(70)60-48(69)34-12-20-42-33(24-34)14-22-44(67)46(42)64-62-38-17-10-31(11-18-38)47(68)30-8-15-37(16-9-30)61-63-45-41-19-7-29(23-32(41)13-21-43(45)66)27-71-58-28-72-65-40-6-2-4-36(26-40)51(55,56)57/h1-26,28,65-67H,27H2,(H2,59,60,69,70);1-26,28,65-67H,27H2,(H2,59,60,69,70)/b2*58-28+,63-61?,64-62?. The predicted octanol–water partition coefficient (Wildman–Crippen LogP) is 27.7. The number of amides is 6. The highest BCUT2D eigenvalue weighted by atomic mass is 19.4. The molecule has 10 N–H and O–H groups in total. The van der Waals surface area contributed by atoms with E-state index in [2.05, 4.69) is 92.9 Å². The number of fused-ring (bicyclic) bond motifs is 4. The molecule has 0 spiro atoms. The van der Waals surface area contributed by atoms with Gasteiger partial charge in [-0.1, -0.05) is 95.2 Å². The quantitative estimate of drug-likeness (QED) is 0.00499. The highest BCUT2D eigenvalue weighted by Gasteiger charge is 2.34. The van der Waals surface area contributed by atoms with Crippen LogP contribution in [0.4, 0.5) is 131 Å². The van der Waals surface area contributed by atoms with E-state index in [9.17, 15) is 102 Å². The van der Waals surface area contributed by atoms with Gasteiger partial charge < -0.3 is 59.9 Å². The maximum atomic E-state index is 13.4. The number of azo groups is 4. The van der Waals surface area contributed by atoms with Crippen LogP contribution in [0.1, 0.15) is 74.8 Å². The van der Waals surface area contributed by atoms with Crippen molar-refractivity contribution in [3.63, 3.8) is 0 Å². The Morgan fingerprint density at radius 2 is 0.582 bits per heavy atom. The van der Waals surface area contributed by atoms with Crippen LogP contribution in [0.3, 0.4) is 0 Å². The summed E-state index contributed by atoms with van der Waals surface area (Å²) in [5.74, 6) is -3.99. The van der Waals surface area contributed by atoms with Crippen LogP contribution in [0.5, 0.6) is 34.5 Å². The summed E-state index contributed by atoms with van der Waals surface area (Å²) in [5.41, 5.74) is 7.73. The summed E-state index contributed by atoms with van der Waals surface area (Å²) in [6.45, 7) is 0.0291. The number of nitrogens with zero attached hydrogens (tertiary/aromatic N) is 10. The largest absolute Gasteiger partial charge is 0.573 e. The summed E-state index contributed by atoms with van der Waals surface area (Å²) in [4.78, 5) is 97.9. The summed E-state index contributed by atoms with van der Waals surface area (Å²) in [7, 11) is 0. The molecule has 0 unspecified atom stereocenters. The maximum absolute atomic E-state index is 13.4. The van der Waals surface area contributed by atoms with Gasteiger partial charge in [0.15, 0.2) is 11.6 Å². The average Bonchev–Trinajstić information content (AvgIpc) is 0.794. The molecule has 0 aromatic heterocycles. The number of phenols is 4. The van der Waals surface area contributed by atoms with E-state index in [0.717, 1.165) is 67.4 Å². The molecule has 16 aromatic rings. The van der Waals surface area contributed by atoms with Gasteiger partial charge in [0.25, 0.3) is 11.8 Å². The molecule has 0 bridgehead atoms. The highest BCUT2D eigenvalue weighted by molar-refractivity contribution is 6.13. The fourth-order valence-electron chi connectivity index (χ4n) is 13.9. The molecule has 0 fully saturated rings. The minimum atomic E-state index is -4.94. The van der Waals surface area contributed by atoms with E-state index < -0.39 is 71.6 Å². The lowest BCUT2D eigenvalue weighted by Gasteiger charge is -2.11. The van der Waals surface area contributed by atoms with Crippen LogP contribution in [-0.2, 0) is 44.9 Å². The number of benzene rings is 16. The number of oxime groups is 2. The normalized spacial score (nSPS) is 11.9. The molecular weight excluding hydrogens is 1930 g/mol. The highest BCUT2D eigenvalue weighted by Crippen LogP contribution is 2.44. The van der Waals surface area contributed by atoms with Crippen molar-refractivity contribution in [1.29, 1.82) is 0 Å². The number of nitrogens with one attached hydrogen (secondary N) is 6. The Bertz CT molecular complexity index is 7830. The molecule has 0 atom stereocenters. The number of carbonyl (C=O) groups excluding carboxylic acids is 6. The van der Waals surface area contributed by atoms with Crippen molar-refractivity contribution < 1.29 is 131 Å². The van der Waals surface area contributed by atoms with E-state index in [1.807, 2.05) is 0 Å². The SMILES string of the molecule is O=C(NC(=O)c1ccc2c(N=Nc3ccc(C(=O)c4ccc(N=Nc5c(O)ccc6cc(CO/N=C/ONc7cccc(C(F)(F)F)c7)ccc56)cc4)cc3)c(O)ccc2c1)Nc1cccc(C(F)(F)F)c1.O=C(NC(=O)c1ccc2c(N=Nc3ccc(C(=O)c4ccc(N=Nc5c(O)ccc6cc(CO/N=C/ONc7cccc(OC(F)(F)F)c7)ccc56)cc4)cc3)c(O)ccc2c1)Nc1cccc(OC(F)(F)F)c1. The van der Waals surface area contributed by atoms with Crippen LogP contribution in [0, 0.1) is 0 Å². The van der Waals surface area contributed by atoms with E-state index >= 15 is 0 Å². The number of ketones is 2. The van der Waals surface area contributed by atoms with Crippen molar-refractivity contribution in [3.05, 3.63) is 371 Å². The van der Waals surface area contributed by atoms with E-state index in [1.54, 1.807) is 146 Å². The van der Waals surface area contributed by atoms with Crippen LogP contribution in [-0.4, -0.2) is 81.4 Å². The van der Waals surface area contributed by atoms with Crippen molar-refractivity contribution in [3.8, 4) is 34.5 Å². The van der Waals surface area contributed by atoms with Gasteiger partial charge in [-0.2, -0.15) is 46.8 Å². The van der Waals surface area contributed by atoms with Crippen LogP contribution in [0.2, 0.25) is 0 Å². The van der Waals surface area contributed by atoms with Crippen molar-refractivity contribution in [2.45, 2.75) is 38.3 Å². The molecule has 0 aliphatic rings. The van der Waals surface area contributed by atoms with E-state index in [-0.39, 0.29) is 104 Å². The molecule has 16 aromatic carbocycles. The first-order valence-electron chi connectivity index (χ1n) is 42.5. The minimum Gasteiger partial charge on any atom is -0.506 e. The maximum Gasteiger partial charge on any atom is 0.573 e. The molecule has 0 aliphatic carbocycles. The molecule has 16 rings (SSSR count). The monoisotopic (exact) mass is 2000 g/mol. The number of halogens is 12. The van der Waals surface area contributed by atoms with Crippen LogP contribution in [0.15, 0.2) is 367 Å². The van der Waals surface area contributed by atoms with Gasteiger partial charge >= 0.3 is 37.1 Å². The molecule has 0 radical (unpaired) electrons. The number of hydrogen-bond acceptors (Lipinski definition) is 28. The predicted molar refractivity (Wildman–Crippen MR) is 510 cm³/mol. The molecule has 6 amide bonds. The second kappa shape index (κ2) is 44.6. The summed E-state index contributed by atoms with van der Waals surface area (Å²) < 4.78 is 161. The number of urea groups is 2. The number of ether oxygens (including phenoxy) is 2. The second-order valence-corrected chi connectivity index (χ2v) is 30.9. The Kier molecular flexibility index (Phi) is 30.8. The van der Waals surface area contributed by atoms with Crippen molar-refractivity contribution in [1.82, 2.24) is 10.6 Å². The van der Waals surface area contributed by atoms with Gasteiger partial charge in [-0.25, -0.2) is 20.5 Å². The molecular formula is C102H68F12N16O16. The lowest BCUT2D eigenvalue weighted by atomic mass is 10.0. The Labute approximate surface area is 813 Å². The average molecular weight is 2000 g/mol. The van der Waals surface area contributed by atoms with Gasteiger partial charge in [0.05, 0.1) is 45.3 Å². The lowest BCUT2D eigenvalue weighted by molar-refractivity contribution is -0.275. The number of aromatic hydroxyl groups is 4. The minimum absolute atomic E-state index is 0.0123. The van der Waals surface area contributed by atoms with Gasteiger partial charge in [-0.15, -0.1) is 46.8 Å². The van der Waals surface area contributed by atoms with Crippen LogP contribution >= 0.6 is 0 Å². The van der Waals surface area contributed by atoms with Crippen LogP contribution in [0.25, 0.3) is 43.1 Å². The summed E-state index contributed by atoms with van der Waals surface area (Å²) in [6, 6.07) is 71.9. The number of alkyl halides is 12. The molecule has 44 heteroatoms. The van der Waals surface area contributed by atoms with Crippen LogP contribution < -0.4 is 41.7 Å². The van der Waals surface area contributed by atoms with E-state index in [4.69, 9.17) is 19.4 Å². The summed E-state index contributed by atoms with van der Waals surface area (Å²) in [5, 5.41) is 96.7. The molecule has 32 nitrogen and oxygen atoms in total. The van der Waals surface area contributed by atoms with Crippen molar-refractivity contribution >= 4 is 160 Å². The third-order valence-electron chi connectivity index (χ3n) is 20.8. The van der Waals surface area contributed by atoms with Gasteiger partial charge in [0, 0.05) is 78.4 Å². The molecule has 0 aliphatic heterocycles. The van der Waals surface area contributed by atoms with E-state index in [1.165, 1.54) is 115 Å². The van der Waals surface area contributed by atoms with Crippen molar-refractivity contribution in [2.75, 3.05) is 21.6 Å². The molecule has 0 saturated heterocycles. The number of rotatable bonds is 30. The van der Waals surface area contributed by atoms with Gasteiger partial charge in [0.1, 0.15) is 70.5 Å². The molecule has 0 saturated carbocycles. The third-order valence-corrected chi connectivity index (χ3v) is 20.8. The smallest absolute Gasteiger partial charge is 0.506 e. The number of carbonyl (C=O) groups is 6. The zero-order valence-electron chi connectivity index (χ0n) is 74.3. The number of anilines is 4. The van der Waals surface area contributed by atoms with Crippen molar-refractivity contribution in [2.24, 2.45) is 51.2 Å². The third kappa shape index (κ3) is 27.0. The van der Waals surface area contributed by atoms with Gasteiger partial charge in [0.2, 0.25) is 12.8 Å². The Balaban J connectivity index is 0.000000219. The fraction of sp³-hybridized carbons (Fsp3) is 0.0588. The number of phenolic OH excluding ortho intramolecular Hbond substituents is 4. The summed E-state index contributed by atoms with van der Waals surface area (Å²) in [6.07, 6.45) is -17.1. The Morgan fingerprint density at radius 1 is 0.295 bits per heavy atom. The first kappa shape index (κ1) is 101. The van der Waals surface area contributed by atoms with Gasteiger partial charge in [-0.3, -0.25) is 29.8 Å². The topological polar surface area (TPSA) is 435 Å².